The van der Waals surface area contributed by atoms with Crippen LogP contribution >= 0.6 is 27.7 Å². The number of ether oxygens (including phenoxy) is 1. The summed E-state index contributed by atoms with van der Waals surface area (Å²) in [6.07, 6.45) is 5.08. The van der Waals surface area contributed by atoms with Gasteiger partial charge in [-0.2, -0.15) is 0 Å². The van der Waals surface area contributed by atoms with Crippen LogP contribution in [0, 0.1) is 11.8 Å². The summed E-state index contributed by atoms with van der Waals surface area (Å²) >= 11 is 4.71. The van der Waals surface area contributed by atoms with Crippen LogP contribution in [-0.2, 0) is 9.63 Å². The summed E-state index contributed by atoms with van der Waals surface area (Å²) in [6.45, 7) is 5.57. The number of carbonyl (C=O) groups is 1. The number of benzene rings is 1. The highest BCUT2D eigenvalue weighted by atomic mass is 79.9. The van der Waals surface area contributed by atoms with Gasteiger partial charge in [-0.25, -0.2) is 0 Å². The van der Waals surface area contributed by atoms with Crippen molar-refractivity contribution in [3.63, 3.8) is 0 Å². The molecule has 2 aromatic rings. The molecule has 2 rings (SSSR count). The van der Waals surface area contributed by atoms with E-state index in [0.717, 1.165) is 15.4 Å². The minimum Gasteiger partial charge on any atom is -0.470 e. The second kappa shape index (κ2) is 10.3. The number of carbonyl (C=O) groups excluding carboxylic acids is 1. The van der Waals surface area contributed by atoms with E-state index in [9.17, 15) is 4.79 Å². The van der Waals surface area contributed by atoms with E-state index in [-0.39, 0.29) is 12.5 Å². The van der Waals surface area contributed by atoms with Gasteiger partial charge in [-0.05, 0) is 67.2 Å². The third kappa shape index (κ3) is 6.73. The lowest BCUT2D eigenvalue weighted by atomic mass is 10.1. The summed E-state index contributed by atoms with van der Waals surface area (Å²) in [5.74, 6) is 5.79. The van der Waals surface area contributed by atoms with E-state index in [2.05, 4.69) is 43.2 Å². The Morgan fingerprint density at radius 2 is 2.25 bits per heavy atom. The van der Waals surface area contributed by atoms with Crippen LogP contribution in [0.25, 0.3) is 10.9 Å². The lowest BCUT2D eigenvalue weighted by molar-refractivity contribution is -0.125. The van der Waals surface area contributed by atoms with E-state index in [4.69, 9.17) is 9.57 Å². The first-order valence-electron chi connectivity index (χ1n) is 8.47. The number of hydrogen-bond acceptors (Lipinski definition) is 6. The van der Waals surface area contributed by atoms with Gasteiger partial charge in [0.25, 0.3) is 5.91 Å². The first-order valence-corrected chi connectivity index (χ1v) is 10.6. The molecule has 1 unspecified atom stereocenters. The van der Waals surface area contributed by atoms with Gasteiger partial charge in [0.05, 0.1) is 17.3 Å². The molecule has 0 aliphatic rings. The fourth-order valence-corrected chi connectivity index (χ4v) is 3.04. The Bertz CT molecular complexity index is 922. The Balaban J connectivity index is 2.03. The maximum atomic E-state index is 12.6. The normalized spacial score (nSPS) is 12.3. The van der Waals surface area contributed by atoms with E-state index in [0.29, 0.717) is 5.75 Å². The van der Waals surface area contributed by atoms with Crippen LogP contribution in [0.1, 0.15) is 20.8 Å². The number of rotatable bonds is 8. The maximum Gasteiger partial charge on any atom is 0.272 e. The van der Waals surface area contributed by atoms with Gasteiger partial charge in [0, 0.05) is 16.1 Å². The van der Waals surface area contributed by atoms with Crippen LogP contribution in [0.3, 0.4) is 0 Å². The van der Waals surface area contributed by atoms with Crippen molar-refractivity contribution in [2.75, 3.05) is 12.9 Å². The molecule has 0 aliphatic carbocycles. The third-order valence-corrected chi connectivity index (χ3v) is 4.67. The van der Waals surface area contributed by atoms with Gasteiger partial charge in [0.2, 0.25) is 5.44 Å². The molecule has 1 N–H and O–H groups in total. The van der Waals surface area contributed by atoms with Crippen molar-refractivity contribution < 1.29 is 14.4 Å². The van der Waals surface area contributed by atoms with E-state index >= 15 is 0 Å². The average molecular weight is 464 g/mol. The van der Waals surface area contributed by atoms with Gasteiger partial charge < -0.3 is 14.9 Å². The maximum absolute atomic E-state index is 12.6. The van der Waals surface area contributed by atoms with E-state index in [1.165, 1.54) is 18.0 Å². The lowest BCUT2D eigenvalue weighted by Crippen LogP contribution is -2.49. The Morgan fingerprint density at radius 3 is 2.96 bits per heavy atom. The average Bonchev–Trinajstić information content (AvgIpc) is 2.65. The fourth-order valence-electron chi connectivity index (χ4n) is 2.21. The molecule has 28 heavy (non-hydrogen) atoms. The molecule has 1 atom stereocenters. The highest BCUT2D eigenvalue weighted by Crippen LogP contribution is 2.24. The second-order valence-electron chi connectivity index (χ2n) is 6.34. The van der Waals surface area contributed by atoms with Crippen LogP contribution in [0.2, 0.25) is 0 Å². The molecule has 0 spiro atoms. The molecule has 1 aromatic carbocycles. The minimum absolute atomic E-state index is 0.209. The highest BCUT2D eigenvalue weighted by Gasteiger charge is 2.26. The Hall–Kier alpha value is -2.24. The zero-order valence-corrected chi connectivity index (χ0v) is 18.6. The zero-order valence-electron chi connectivity index (χ0n) is 16.2. The van der Waals surface area contributed by atoms with Crippen molar-refractivity contribution in [3.05, 3.63) is 34.9 Å². The van der Waals surface area contributed by atoms with Crippen molar-refractivity contribution in [2.24, 2.45) is 5.16 Å². The zero-order chi connectivity index (χ0) is 20.6. The molecule has 0 radical (unpaired) electrons. The number of nitrogens with one attached hydrogen (secondary N) is 1. The number of thioether (sulfide) groups is 1. The van der Waals surface area contributed by atoms with Crippen molar-refractivity contribution in [1.82, 2.24) is 10.3 Å². The first kappa shape index (κ1) is 22.1. The molecule has 148 valence electrons. The van der Waals surface area contributed by atoms with Gasteiger partial charge in [-0.15, -0.1) is 17.7 Å². The van der Waals surface area contributed by atoms with Crippen LogP contribution < -0.4 is 10.1 Å². The number of aromatic nitrogens is 1. The number of fused-ring (bicyclic) bond motifs is 1. The standard InChI is InChI=1S/C20H22BrN3O3S/c1-5-6-9-26-23-13-20(2,3)24-18(25)19(28-4)27-16-7-8-17-14(11-16)10-15(21)12-22-17/h7-8,10-13,19H,9H2,1-4H3,(H,24,25)/b23-13-. The summed E-state index contributed by atoms with van der Waals surface area (Å²) in [7, 11) is 0. The molecule has 0 bridgehead atoms. The first-order chi connectivity index (χ1) is 13.3. The molecule has 0 saturated carbocycles. The van der Waals surface area contributed by atoms with Gasteiger partial charge in [0.1, 0.15) is 5.75 Å². The van der Waals surface area contributed by atoms with Crippen molar-refractivity contribution in [2.45, 2.75) is 31.7 Å². The van der Waals surface area contributed by atoms with Gasteiger partial charge >= 0.3 is 0 Å². The summed E-state index contributed by atoms with van der Waals surface area (Å²) < 4.78 is 6.77. The lowest BCUT2D eigenvalue weighted by Gasteiger charge is -2.24. The molecule has 1 heterocycles. The SMILES string of the molecule is CC#CCO/N=C\C(C)(C)NC(=O)C(Oc1ccc2ncc(Br)cc2c1)SC. The van der Waals surface area contributed by atoms with Crippen molar-refractivity contribution in [3.8, 4) is 17.6 Å². The van der Waals surface area contributed by atoms with E-state index in [1.54, 1.807) is 19.2 Å². The molecular weight excluding hydrogens is 442 g/mol. The van der Waals surface area contributed by atoms with Crippen LogP contribution in [0.15, 0.2) is 40.1 Å². The number of oxime groups is 1. The van der Waals surface area contributed by atoms with E-state index in [1.807, 2.05) is 38.3 Å². The van der Waals surface area contributed by atoms with Crippen molar-refractivity contribution >= 4 is 50.7 Å². The predicted octanol–water partition coefficient (Wildman–Crippen LogP) is 3.99. The Kier molecular flexibility index (Phi) is 8.15. The molecule has 1 aromatic heterocycles. The largest absolute Gasteiger partial charge is 0.470 e. The topological polar surface area (TPSA) is 72.8 Å². The quantitative estimate of drug-likeness (QED) is 0.210. The predicted molar refractivity (Wildman–Crippen MR) is 117 cm³/mol. The van der Waals surface area contributed by atoms with Gasteiger partial charge in [-0.3, -0.25) is 9.78 Å². The smallest absolute Gasteiger partial charge is 0.272 e. The number of hydrogen-bond donors (Lipinski definition) is 1. The van der Waals surface area contributed by atoms with Crippen molar-refractivity contribution in [1.29, 1.82) is 0 Å². The van der Waals surface area contributed by atoms with Crippen LogP contribution in [0.5, 0.6) is 5.75 Å². The number of amides is 1. The highest BCUT2D eigenvalue weighted by molar-refractivity contribution is 9.10. The minimum atomic E-state index is -0.711. The molecule has 1 amide bonds. The number of pyridine rings is 1. The summed E-state index contributed by atoms with van der Waals surface area (Å²) in [4.78, 5) is 22.0. The number of halogens is 1. The molecule has 0 aliphatic heterocycles. The third-order valence-electron chi connectivity index (χ3n) is 3.50. The fraction of sp³-hybridized carbons (Fsp3) is 0.350. The van der Waals surface area contributed by atoms with E-state index < -0.39 is 11.0 Å². The second-order valence-corrected chi connectivity index (χ2v) is 8.15. The Labute approximate surface area is 177 Å². The molecule has 8 heteroatoms. The molecule has 0 saturated heterocycles. The van der Waals surface area contributed by atoms with Gasteiger partial charge in [-0.1, -0.05) is 11.1 Å². The molecular formula is C20H22BrN3O3S. The number of nitrogens with zero attached hydrogens (tertiary/aromatic N) is 2. The summed E-state index contributed by atoms with van der Waals surface area (Å²) in [5.41, 5.74) is -0.561. The Morgan fingerprint density at radius 1 is 1.46 bits per heavy atom. The van der Waals surface area contributed by atoms with Crippen LogP contribution in [0.4, 0.5) is 0 Å². The van der Waals surface area contributed by atoms with Gasteiger partial charge in [0.15, 0.2) is 6.61 Å². The monoisotopic (exact) mass is 463 g/mol. The molecule has 0 fully saturated rings. The molecule has 6 nitrogen and oxygen atoms in total. The van der Waals surface area contributed by atoms with Crippen LogP contribution in [-0.4, -0.2) is 40.9 Å². The summed E-state index contributed by atoms with van der Waals surface area (Å²) in [6, 6.07) is 7.47. The summed E-state index contributed by atoms with van der Waals surface area (Å²) in [5, 5.41) is 7.66.